The number of pyridine rings is 1. The molecular weight excluding hydrogens is 372 g/mol. The second-order valence-electron chi connectivity index (χ2n) is 6.38. The van der Waals surface area contributed by atoms with E-state index in [1.165, 1.54) is 17.8 Å². The number of halogens is 1. The number of anilines is 1. The molecule has 0 bridgehead atoms. The zero-order valence-electron chi connectivity index (χ0n) is 14.6. The molecule has 8 nitrogen and oxygen atoms in total. The Balaban J connectivity index is 1.60. The molecule has 1 aromatic heterocycles. The molecule has 1 N–H and O–H groups in total. The predicted octanol–water partition coefficient (Wildman–Crippen LogP) is 2.35. The van der Waals surface area contributed by atoms with E-state index in [1.807, 2.05) is 0 Å². The third-order valence-corrected chi connectivity index (χ3v) is 4.81. The highest BCUT2D eigenvalue weighted by Gasteiger charge is 2.44. The molecule has 9 heteroatoms. The zero-order chi connectivity index (χ0) is 19.4. The Morgan fingerprint density at radius 3 is 2.67 bits per heavy atom. The predicted molar refractivity (Wildman–Crippen MR) is 97.9 cm³/mol. The van der Waals surface area contributed by atoms with Gasteiger partial charge in [-0.25, -0.2) is 14.7 Å². The van der Waals surface area contributed by atoms with E-state index in [0.29, 0.717) is 11.3 Å². The van der Waals surface area contributed by atoms with Crippen LogP contribution < -0.4 is 5.32 Å². The van der Waals surface area contributed by atoms with Crippen LogP contribution in [0.3, 0.4) is 0 Å². The standard InChI is InChI=1S/C18H19ClN4O4/c19-15-13(7-4-9-20-15)21-14(24)11-23-17(26)16(25)22(18(23)27)10-8-12-5-2-1-3-6-12/h4-5,7,9H,1-3,6,8,10-11H2,(H,21,24). The van der Waals surface area contributed by atoms with Gasteiger partial charge in [0.05, 0.1) is 5.69 Å². The van der Waals surface area contributed by atoms with Gasteiger partial charge in [-0.3, -0.25) is 19.3 Å². The number of imide groups is 2. The average Bonchev–Trinajstić information content (AvgIpc) is 2.86. The number of amides is 5. The summed E-state index contributed by atoms with van der Waals surface area (Å²) < 4.78 is 0. The fourth-order valence-electron chi connectivity index (χ4n) is 3.09. The Hall–Kier alpha value is -2.74. The van der Waals surface area contributed by atoms with Gasteiger partial charge >= 0.3 is 17.8 Å². The number of urea groups is 1. The molecule has 1 aliphatic heterocycles. The van der Waals surface area contributed by atoms with Crippen molar-refractivity contribution < 1.29 is 19.2 Å². The van der Waals surface area contributed by atoms with E-state index < -0.39 is 30.3 Å². The van der Waals surface area contributed by atoms with Crippen LogP contribution in [0.1, 0.15) is 32.1 Å². The van der Waals surface area contributed by atoms with Crippen LogP contribution >= 0.6 is 11.6 Å². The maximum Gasteiger partial charge on any atom is 0.334 e. The zero-order valence-corrected chi connectivity index (χ0v) is 15.4. The first-order valence-corrected chi connectivity index (χ1v) is 9.11. The summed E-state index contributed by atoms with van der Waals surface area (Å²) in [4.78, 5) is 54.2. The third-order valence-electron chi connectivity index (χ3n) is 4.51. The molecule has 2 aliphatic rings. The molecule has 5 amide bonds. The second kappa shape index (κ2) is 8.30. The molecule has 1 aromatic rings. The number of carbonyl (C=O) groups excluding carboxylic acids is 4. The highest BCUT2D eigenvalue weighted by atomic mass is 35.5. The van der Waals surface area contributed by atoms with Crippen LogP contribution in [0.2, 0.25) is 5.15 Å². The smallest absolute Gasteiger partial charge is 0.322 e. The molecule has 3 rings (SSSR count). The van der Waals surface area contributed by atoms with Gasteiger partial charge in [-0.2, -0.15) is 0 Å². The Kier molecular flexibility index (Phi) is 5.85. The topological polar surface area (TPSA) is 99.7 Å². The summed E-state index contributed by atoms with van der Waals surface area (Å²) in [6.45, 7) is -0.421. The van der Waals surface area contributed by atoms with Crippen molar-refractivity contribution in [3.05, 3.63) is 35.1 Å². The lowest BCUT2D eigenvalue weighted by molar-refractivity contribution is -0.143. The van der Waals surface area contributed by atoms with Gasteiger partial charge in [-0.05, 0) is 44.2 Å². The van der Waals surface area contributed by atoms with E-state index in [1.54, 1.807) is 6.07 Å². The Labute approximate surface area is 161 Å². The van der Waals surface area contributed by atoms with Crippen molar-refractivity contribution in [2.24, 2.45) is 0 Å². The largest absolute Gasteiger partial charge is 0.334 e. The minimum atomic E-state index is -0.995. The summed E-state index contributed by atoms with van der Waals surface area (Å²) in [6.07, 6.45) is 8.32. The molecule has 0 atom stereocenters. The van der Waals surface area contributed by atoms with Crippen molar-refractivity contribution in [3.63, 3.8) is 0 Å². The van der Waals surface area contributed by atoms with Crippen molar-refractivity contribution in [3.8, 4) is 0 Å². The van der Waals surface area contributed by atoms with Gasteiger partial charge in [-0.15, -0.1) is 0 Å². The summed E-state index contributed by atoms with van der Waals surface area (Å²) in [7, 11) is 0. The van der Waals surface area contributed by atoms with Crippen LogP contribution in [0.4, 0.5) is 10.5 Å². The van der Waals surface area contributed by atoms with Crippen molar-refractivity contribution in [1.29, 1.82) is 0 Å². The SMILES string of the molecule is O=C(CN1C(=O)C(=O)N(CCC2=CCCCC2)C1=O)Nc1cccnc1Cl. The lowest BCUT2D eigenvalue weighted by Crippen LogP contribution is -2.39. The van der Waals surface area contributed by atoms with Gasteiger partial charge in [0.1, 0.15) is 6.54 Å². The Morgan fingerprint density at radius 1 is 1.19 bits per heavy atom. The molecule has 1 fully saturated rings. The Morgan fingerprint density at radius 2 is 1.96 bits per heavy atom. The molecule has 0 aromatic carbocycles. The number of hydrogen-bond donors (Lipinski definition) is 1. The Bertz CT molecular complexity index is 823. The van der Waals surface area contributed by atoms with Gasteiger partial charge < -0.3 is 5.32 Å². The average molecular weight is 391 g/mol. The van der Waals surface area contributed by atoms with E-state index >= 15 is 0 Å². The molecule has 27 heavy (non-hydrogen) atoms. The number of carbonyl (C=O) groups is 4. The molecule has 0 radical (unpaired) electrons. The number of hydrogen-bond acceptors (Lipinski definition) is 5. The molecular formula is C18H19ClN4O4. The monoisotopic (exact) mass is 390 g/mol. The van der Waals surface area contributed by atoms with E-state index in [4.69, 9.17) is 11.6 Å². The number of nitrogens with one attached hydrogen (secondary N) is 1. The quantitative estimate of drug-likeness (QED) is 0.348. The van der Waals surface area contributed by atoms with Gasteiger partial charge in [0, 0.05) is 12.7 Å². The van der Waals surface area contributed by atoms with Gasteiger partial charge in [0.15, 0.2) is 5.15 Å². The van der Waals surface area contributed by atoms with E-state index in [9.17, 15) is 19.2 Å². The first-order valence-electron chi connectivity index (χ1n) is 8.73. The molecule has 0 saturated carbocycles. The highest BCUT2D eigenvalue weighted by molar-refractivity contribution is 6.45. The van der Waals surface area contributed by atoms with Gasteiger partial charge in [0.2, 0.25) is 5.91 Å². The van der Waals surface area contributed by atoms with E-state index in [0.717, 1.165) is 30.6 Å². The maximum absolute atomic E-state index is 12.4. The van der Waals surface area contributed by atoms with Gasteiger partial charge in [0.25, 0.3) is 0 Å². The molecule has 1 aliphatic carbocycles. The van der Waals surface area contributed by atoms with Gasteiger partial charge in [-0.1, -0.05) is 23.3 Å². The molecule has 2 heterocycles. The molecule has 0 spiro atoms. The first-order chi connectivity index (χ1) is 13.0. The minimum Gasteiger partial charge on any atom is -0.322 e. The first kappa shape index (κ1) is 19.0. The summed E-state index contributed by atoms with van der Waals surface area (Å²) in [5.74, 6) is -2.54. The van der Waals surface area contributed by atoms with Crippen LogP contribution in [-0.2, 0) is 14.4 Å². The minimum absolute atomic E-state index is 0.0865. The lowest BCUT2D eigenvalue weighted by atomic mass is 9.97. The maximum atomic E-state index is 12.4. The number of rotatable bonds is 6. The fraction of sp³-hybridized carbons (Fsp3) is 0.389. The summed E-state index contributed by atoms with van der Waals surface area (Å²) in [5.41, 5.74) is 1.45. The second-order valence-corrected chi connectivity index (χ2v) is 6.74. The number of allylic oxidation sites excluding steroid dienone is 1. The number of nitrogens with zero attached hydrogens (tertiary/aromatic N) is 3. The van der Waals surface area contributed by atoms with Crippen molar-refractivity contribution >= 4 is 41.0 Å². The summed E-state index contributed by atoms with van der Waals surface area (Å²) >= 11 is 5.86. The normalized spacial score (nSPS) is 17.4. The third kappa shape index (κ3) is 4.33. The number of aromatic nitrogens is 1. The van der Waals surface area contributed by atoms with Crippen LogP contribution in [0.25, 0.3) is 0 Å². The molecule has 0 unspecified atom stereocenters. The van der Waals surface area contributed by atoms with E-state index in [-0.39, 0.29) is 17.4 Å². The van der Waals surface area contributed by atoms with Crippen LogP contribution in [0, 0.1) is 0 Å². The van der Waals surface area contributed by atoms with Crippen LogP contribution in [0.15, 0.2) is 30.0 Å². The summed E-state index contributed by atoms with van der Waals surface area (Å²) in [5, 5.41) is 2.56. The van der Waals surface area contributed by atoms with Crippen molar-refractivity contribution in [2.75, 3.05) is 18.4 Å². The molecule has 1 saturated heterocycles. The van der Waals surface area contributed by atoms with Crippen molar-refractivity contribution in [1.82, 2.24) is 14.8 Å². The van der Waals surface area contributed by atoms with Crippen LogP contribution in [0.5, 0.6) is 0 Å². The summed E-state index contributed by atoms with van der Waals surface area (Å²) in [6, 6.07) is 2.35. The molecule has 142 valence electrons. The van der Waals surface area contributed by atoms with Crippen LogP contribution in [-0.4, -0.2) is 51.6 Å². The van der Waals surface area contributed by atoms with Crippen molar-refractivity contribution in [2.45, 2.75) is 32.1 Å². The van der Waals surface area contributed by atoms with E-state index in [2.05, 4.69) is 16.4 Å². The fourth-order valence-corrected chi connectivity index (χ4v) is 3.25. The highest BCUT2D eigenvalue weighted by Crippen LogP contribution is 2.22. The lowest BCUT2D eigenvalue weighted by Gasteiger charge is -2.17.